The van der Waals surface area contributed by atoms with Gasteiger partial charge in [0.25, 0.3) is 6.47 Å². The first-order chi connectivity index (χ1) is 12.5. The van der Waals surface area contributed by atoms with Crippen LogP contribution in [0.2, 0.25) is 0 Å². The molecule has 1 aliphatic carbocycles. The van der Waals surface area contributed by atoms with E-state index in [1.807, 2.05) is 7.05 Å². The number of carbonyl (C=O) groups is 2. The smallest absolute Gasteiger partial charge is 0.290 e. The Bertz CT molecular complexity index is 587. The van der Waals surface area contributed by atoms with Gasteiger partial charge in [-0.05, 0) is 26.3 Å². The van der Waals surface area contributed by atoms with Crippen LogP contribution in [-0.2, 0) is 16.1 Å². The highest BCUT2D eigenvalue weighted by atomic mass is 16.5. The topological polar surface area (TPSA) is 120 Å². The summed E-state index contributed by atoms with van der Waals surface area (Å²) in [5.74, 6) is 1.19. The fraction of sp³-hybridized carbons (Fsp3) is 0.765. The van der Waals surface area contributed by atoms with Gasteiger partial charge in [0.1, 0.15) is 0 Å². The number of aliphatic hydroxyl groups is 1. The molecule has 26 heavy (non-hydrogen) atoms. The number of nitrogens with zero attached hydrogens (tertiary/aromatic N) is 4. The molecule has 9 heteroatoms. The number of aromatic nitrogens is 2. The summed E-state index contributed by atoms with van der Waals surface area (Å²) in [4.78, 5) is 29.1. The second-order valence-electron chi connectivity index (χ2n) is 7.05. The molecule has 2 aliphatic rings. The van der Waals surface area contributed by atoms with Crippen LogP contribution in [0.1, 0.15) is 49.7 Å². The van der Waals surface area contributed by atoms with E-state index >= 15 is 0 Å². The van der Waals surface area contributed by atoms with Crippen molar-refractivity contribution in [2.75, 3.05) is 27.2 Å². The van der Waals surface area contributed by atoms with Crippen LogP contribution in [0.15, 0.2) is 4.52 Å². The van der Waals surface area contributed by atoms with Gasteiger partial charge >= 0.3 is 0 Å². The van der Waals surface area contributed by atoms with Crippen LogP contribution in [-0.4, -0.2) is 75.8 Å². The van der Waals surface area contributed by atoms with Gasteiger partial charge in [-0.2, -0.15) is 4.98 Å². The molecule has 1 saturated carbocycles. The Morgan fingerprint density at radius 1 is 1.38 bits per heavy atom. The van der Waals surface area contributed by atoms with Crippen molar-refractivity contribution in [3.8, 4) is 0 Å². The minimum atomic E-state index is -0.569. The average molecular weight is 368 g/mol. The number of rotatable bonds is 4. The maximum Gasteiger partial charge on any atom is 0.290 e. The van der Waals surface area contributed by atoms with Crippen LogP contribution < -0.4 is 0 Å². The van der Waals surface area contributed by atoms with E-state index in [0.717, 1.165) is 19.4 Å². The minimum Gasteiger partial charge on any atom is -0.483 e. The Kier molecular flexibility index (Phi) is 7.52. The van der Waals surface area contributed by atoms with E-state index in [-0.39, 0.29) is 18.3 Å². The Balaban J connectivity index is 0.000000758. The number of piperidine rings is 1. The van der Waals surface area contributed by atoms with Gasteiger partial charge in [-0.1, -0.05) is 18.0 Å². The Labute approximate surface area is 153 Å². The van der Waals surface area contributed by atoms with Crippen LogP contribution in [0.5, 0.6) is 0 Å². The molecule has 1 amide bonds. The zero-order valence-electron chi connectivity index (χ0n) is 15.4. The lowest BCUT2D eigenvalue weighted by atomic mass is 9.94. The largest absolute Gasteiger partial charge is 0.483 e. The predicted molar refractivity (Wildman–Crippen MR) is 92.3 cm³/mol. The van der Waals surface area contributed by atoms with Crippen molar-refractivity contribution in [3.63, 3.8) is 0 Å². The fourth-order valence-corrected chi connectivity index (χ4v) is 3.59. The highest BCUT2D eigenvalue weighted by Crippen LogP contribution is 2.33. The lowest BCUT2D eigenvalue weighted by Gasteiger charge is -2.34. The van der Waals surface area contributed by atoms with Crippen LogP contribution >= 0.6 is 0 Å². The molecule has 0 aromatic carbocycles. The van der Waals surface area contributed by atoms with Gasteiger partial charge in [0.05, 0.1) is 18.6 Å². The summed E-state index contributed by atoms with van der Waals surface area (Å²) < 4.78 is 5.36. The van der Waals surface area contributed by atoms with Gasteiger partial charge in [-0.3, -0.25) is 9.59 Å². The van der Waals surface area contributed by atoms with Crippen LogP contribution in [0, 0.1) is 5.92 Å². The number of amides is 1. The van der Waals surface area contributed by atoms with E-state index in [0.29, 0.717) is 37.1 Å². The molecular formula is C17H28N4O5. The van der Waals surface area contributed by atoms with Crippen LogP contribution in [0.3, 0.4) is 0 Å². The third-order valence-electron chi connectivity index (χ3n) is 5.04. The van der Waals surface area contributed by atoms with Gasteiger partial charge in [-0.15, -0.1) is 0 Å². The third kappa shape index (κ3) is 5.25. The molecule has 2 N–H and O–H groups in total. The number of hydrogen-bond acceptors (Lipinski definition) is 7. The first-order valence-electron chi connectivity index (χ1n) is 8.98. The molecule has 0 spiro atoms. The van der Waals surface area contributed by atoms with Gasteiger partial charge in [-0.25, -0.2) is 0 Å². The standard InChI is InChI=1S/C16H26N4O3.CH2O2/c1-19-8-7-13(21)12(9-19)16(22)20(2)10-14-17-15(23-18-14)11-5-3-4-6-11;2-1-3/h11-13,21H,3-10H2,1-2H3;1H,(H,2,3)/t12-,13+;/m1./s1. The molecule has 0 bridgehead atoms. The molecule has 1 aromatic heterocycles. The summed E-state index contributed by atoms with van der Waals surface area (Å²) >= 11 is 0. The third-order valence-corrected chi connectivity index (χ3v) is 5.04. The molecule has 146 valence electrons. The summed E-state index contributed by atoms with van der Waals surface area (Å²) in [6, 6.07) is 0. The molecule has 9 nitrogen and oxygen atoms in total. The summed E-state index contributed by atoms with van der Waals surface area (Å²) in [6.45, 7) is 1.48. The van der Waals surface area contributed by atoms with E-state index in [1.54, 1.807) is 11.9 Å². The van der Waals surface area contributed by atoms with Gasteiger partial charge in [0.2, 0.25) is 11.8 Å². The quantitative estimate of drug-likeness (QED) is 0.745. The molecule has 0 unspecified atom stereocenters. The summed E-state index contributed by atoms with van der Waals surface area (Å²) in [5.41, 5.74) is 0. The van der Waals surface area contributed by atoms with Crippen LogP contribution in [0.4, 0.5) is 0 Å². The monoisotopic (exact) mass is 368 g/mol. The number of carbonyl (C=O) groups excluding carboxylic acids is 1. The van der Waals surface area contributed by atoms with Crippen molar-refractivity contribution < 1.29 is 24.3 Å². The Morgan fingerprint density at radius 2 is 2.04 bits per heavy atom. The van der Waals surface area contributed by atoms with Crippen molar-refractivity contribution in [1.82, 2.24) is 19.9 Å². The molecule has 1 aromatic rings. The number of carboxylic acid groups (broad SMARTS) is 1. The minimum absolute atomic E-state index is 0.0590. The van der Waals surface area contributed by atoms with E-state index in [9.17, 15) is 9.90 Å². The van der Waals surface area contributed by atoms with Crippen molar-refractivity contribution in [1.29, 1.82) is 0 Å². The van der Waals surface area contributed by atoms with E-state index in [2.05, 4.69) is 15.0 Å². The molecule has 1 aliphatic heterocycles. The molecule has 0 radical (unpaired) electrons. The summed E-state index contributed by atoms with van der Waals surface area (Å²) in [6.07, 6.45) is 4.71. The average Bonchev–Trinajstić information content (AvgIpc) is 3.28. The van der Waals surface area contributed by atoms with Crippen LogP contribution in [0.25, 0.3) is 0 Å². The number of aliphatic hydroxyl groups excluding tert-OH is 1. The molecule has 3 rings (SSSR count). The lowest BCUT2D eigenvalue weighted by molar-refractivity contribution is -0.141. The maximum absolute atomic E-state index is 12.6. The zero-order chi connectivity index (χ0) is 19.1. The highest BCUT2D eigenvalue weighted by molar-refractivity contribution is 5.79. The van der Waals surface area contributed by atoms with Crippen molar-refractivity contribution >= 4 is 12.4 Å². The Hall–Kier alpha value is -2.00. The number of hydrogen-bond donors (Lipinski definition) is 2. The van der Waals surface area contributed by atoms with Gasteiger partial charge in [0.15, 0.2) is 5.82 Å². The first kappa shape index (κ1) is 20.3. The van der Waals surface area contributed by atoms with Crippen molar-refractivity contribution in [2.24, 2.45) is 5.92 Å². The SMILES string of the molecule is CN1CC[C@H](O)[C@H](C(=O)N(C)Cc2noc(C3CCCC3)n2)C1.O=CO. The normalized spacial score (nSPS) is 24.0. The summed E-state index contributed by atoms with van der Waals surface area (Å²) in [5, 5.41) is 21.0. The fourth-order valence-electron chi connectivity index (χ4n) is 3.59. The molecule has 2 fully saturated rings. The zero-order valence-corrected chi connectivity index (χ0v) is 15.4. The number of likely N-dealkylation sites (tertiary alicyclic amines) is 1. The summed E-state index contributed by atoms with van der Waals surface area (Å²) in [7, 11) is 3.70. The Morgan fingerprint density at radius 3 is 2.69 bits per heavy atom. The van der Waals surface area contributed by atoms with E-state index in [1.165, 1.54) is 12.8 Å². The van der Waals surface area contributed by atoms with E-state index in [4.69, 9.17) is 14.4 Å². The predicted octanol–water partition coefficient (Wildman–Crippen LogP) is 0.699. The van der Waals surface area contributed by atoms with E-state index < -0.39 is 6.10 Å². The second kappa shape index (κ2) is 9.63. The maximum atomic E-state index is 12.6. The molecule has 2 heterocycles. The molecule has 1 saturated heterocycles. The van der Waals surface area contributed by atoms with Crippen molar-refractivity contribution in [2.45, 2.75) is 50.7 Å². The van der Waals surface area contributed by atoms with Crippen molar-refractivity contribution in [3.05, 3.63) is 11.7 Å². The first-order valence-corrected chi connectivity index (χ1v) is 8.98. The second-order valence-corrected chi connectivity index (χ2v) is 7.05. The highest BCUT2D eigenvalue weighted by Gasteiger charge is 2.34. The molecule has 2 atom stereocenters. The van der Waals surface area contributed by atoms with Gasteiger partial charge in [0, 0.05) is 26.1 Å². The lowest BCUT2D eigenvalue weighted by Crippen LogP contribution is -2.49. The molecular weight excluding hydrogens is 340 g/mol. The van der Waals surface area contributed by atoms with Gasteiger partial charge < -0.3 is 24.5 Å².